The van der Waals surface area contributed by atoms with Crippen LogP contribution < -0.4 is 5.32 Å². The molecule has 0 fully saturated rings. The molecular weight excluding hydrogens is 531 g/mol. The lowest BCUT2D eigenvalue weighted by molar-refractivity contribution is -0.137. The largest absolute Gasteiger partial charge is 0.466 e. The summed E-state index contributed by atoms with van der Waals surface area (Å²) in [6.07, 6.45) is 0.709. The molecule has 38 heavy (non-hydrogen) atoms. The number of aliphatic hydroxyl groups excluding tert-OH is 1. The van der Waals surface area contributed by atoms with Crippen LogP contribution in [0.4, 0.5) is 0 Å². The first-order chi connectivity index (χ1) is 18.2. The van der Waals surface area contributed by atoms with Gasteiger partial charge in [-0.3, -0.25) is 4.79 Å². The third-order valence-corrected chi connectivity index (χ3v) is 6.98. The van der Waals surface area contributed by atoms with Crippen LogP contribution in [0, 0.1) is 0 Å². The molecular formula is C28H30Cl2N2O6. The average molecular weight is 561 g/mol. The maximum Gasteiger partial charge on any atom is 0.336 e. The Morgan fingerprint density at radius 3 is 2.03 bits per heavy atom. The minimum atomic E-state index is -1.06. The third-order valence-electron chi connectivity index (χ3n) is 6.32. The van der Waals surface area contributed by atoms with Crippen molar-refractivity contribution in [1.82, 2.24) is 10.2 Å². The summed E-state index contributed by atoms with van der Waals surface area (Å²) in [5.74, 6) is -2.84. The van der Waals surface area contributed by atoms with Gasteiger partial charge in [-0.2, -0.15) is 0 Å². The molecule has 2 aromatic carbocycles. The van der Waals surface area contributed by atoms with Crippen LogP contribution in [0.2, 0.25) is 10.0 Å². The van der Waals surface area contributed by atoms with Crippen molar-refractivity contribution in [2.24, 2.45) is 0 Å². The summed E-state index contributed by atoms with van der Waals surface area (Å²) in [5.41, 5.74) is 2.26. The Morgan fingerprint density at radius 2 is 1.47 bits per heavy atom. The molecule has 1 aliphatic heterocycles. The summed E-state index contributed by atoms with van der Waals surface area (Å²) in [6.45, 7) is -0.102. The highest BCUT2D eigenvalue weighted by Crippen LogP contribution is 2.45. The molecule has 1 unspecified atom stereocenters. The van der Waals surface area contributed by atoms with Crippen LogP contribution in [-0.4, -0.2) is 62.3 Å². The van der Waals surface area contributed by atoms with E-state index >= 15 is 0 Å². The number of carbonyl (C=O) groups is 3. The molecule has 0 aliphatic carbocycles. The van der Waals surface area contributed by atoms with Crippen LogP contribution >= 0.6 is 23.2 Å². The van der Waals surface area contributed by atoms with E-state index in [9.17, 15) is 19.5 Å². The van der Waals surface area contributed by atoms with Gasteiger partial charge in [0.1, 0.15) is 0 Å². The van der Waals surface area contributed by atoms with E-state index in [0.717, 1.165) is 5.56 Å². The number of ether oxygens (including phenoxy) is 2. The highest BCUT2D eigenvalue weighted by molar-refractivity contribution is 6.36. The lowest BCUT2D eigenvalue weighted by Crippen LogP contribution is -2.37. The number of aryl methyl sites for hydroxylation is 1. The van der Waals surface area contributed by atoms with Crippen molar-refractivity contribution in [1.29, 1.82) is 0 Å². The molecule has 0 saturated carbocycles. The van der Waals surface area contributed by atoms with Crippen LogP contribution in [0.5, 0.6) is 0 Å². The van der Waals surface area contributed by atoms with E-state index in [4.69, 9.17) is 32.7 Å². The van der Waals surface area contributed by atoms with E-state index in [1.54, 1.807) is 25.2 Å². The van der Waals surface area contributed by atoms with Gasteiger partial charge >= 0.3 is 11.9 Å². The highest BCUT2D eigenvalue weighted by Gasteiger charge is 2.41. The van der Waals surface area contributed by atoms with Crippen molar-refractivity contribution < 1.29 is 29.0 Å². The number of nitrogens with one attached hydrogen (secondary N) is 1. The van der Waals surface area contributed by atoms with Gasteiger partial charge in [0.25, 0.3) is 0 Å². The zero-order chi connectivity index (χ0) is 27.8. The van der Waals surface area contributed by atoms with E-state index in [1.165, 1.54) is 19.1 Å². The van der Waals surface area contributed by atoms with Crippen molar-refractivity contribution in [3.8, 4) is 0 Å². The van der Waals surface area contributed by atoms with E-state index < -0.39 is 17.9 Å². The minimum absolute atomic E-state index is 0.0251. The molecule has 8 nitrogen and oxygen atoms in total. The normalized spacial score (nSPS) is 15.2. The van der Waals surface area contributed by atoms with Gasteiger partial charge in [-0.1, -0.05) is 59.6 Å². The van der Waals surface area contributed by atoms with Gasteiger partial charge < -0.3 is 24.8 Å². The molecule has 0 spiro atoms. The number of likely N-dealkylation sites (N-methyl/N-ethyl adjacent to an activating group) is 1. The number of hydrogen-bond donors (Lipinski definition) is 2. The molecule has 0 saturated heterocycles. The van der Waals surface area contributed by atoms with Crippen LogP contribution in [0.1, 0.15) is 29.9 Å². The van der Waals surface area contributed by atoms with E-state index in [0.29, 0.717) is 24.1 Å². The number of methoxy groups -OCH3 is 2. The number of allylic oxidation sites excluding steroid dienone is 1. The van der Waals surface area contributed by atoms with Gasteiger partial charge in [-0.05, 0) is 30.5 Å². The Balaban J connectivity index is 2.25. The quantitative estimate of drug-likeness (QED) is 0.423. The molecule has 1 amide bonds. The van der Waals surface area contributed by atoms with E-state index in [2.05, 4.69) is 5.32 Å². The maximum atomic E-state index is 13.3. The summed E-state index contributed by atoms with van der Waals surface area (Å²) in [4.78, 5) is 40.9. The number of nitrogens with zero attached hydrogens (tertiary/aromatic N) is 1. The molecule has 202 valence electrons. The van der Waals surface area contributed by atoms with Crippen molar-refractivity contribution >= 4 is 41.0 Å². The van der Waals surface area contributed by atoms with E-state index in [-0.39, 0.29) is 52.4 Å². The summed E-state index contributed by atoms with van der Waals surface area (Å²) >= 11 is 13.2. The molecule has 1 atom stereocenters. The Labute approximate surface area is 231 Å². The number of hydrogen-bond acceptors (Lipinski definition) is 7. The van der Waals surface area contributed by atoms with Crippen molar-refractivity contribution in [2.75, 3.05) is 34.4 Å². The van der Waals surface area contributed by atoms with Crippen LogP contribution in [-0.2, 0) is 30.3 Å². The van der Waals surface area contributed by atoms with Gasteiger partial charge in [0, 0.05) is 40.6 Å². The molecule has 1 aliphatic rings. The SMILES string of the molecule is COC(=O)C1=C(CCc2ccccc2)NC(CC(=O)N(C)CCO)=C(C(=O)OC)C1c1c(Cl)cccc1Cl. The number of amides is 1. The molecule has 1 heterocycles. The first kappa shape index (κ1) is 29.2. The smallest absolute Gasteiger partial charge is 0.336 e. The van der Waals surface area contributed by atoms with E-state index in [1.807, 2.05) is 30.3 Å². The topological polar surface area (TPSA) is 105 Å². The number of halogens is 2. The van der Waals surface area contributed by atoms with Crippen LogP contribution in [0.3, 0.4) is 0 Å². The van der Waals surface area contributed by atoms with Crippen LogP contribution in [0.25, 0.3) is 0 Å². The third kappa shape index (κ3) is 6.56. The molecule has 0 bridgehead atoms. The van der Waals surface area contributed by atoms with Gasteiger partial charge in [-0.25, -0.2) is 9.59 Å². The predicted octanol–water partition coefficient (Wildman–Crippen LogP) is 4.01. The van der Waals surface area contributed by atoms with Gasteiger partial charge in [0.15, 0.2) is 0 Å². The summed E-state index contributed by atoms with van der Waals surface area (Å²) in [5, 5.41) is 12.9. The number of carbonyl (C=O) groups excluding carboxylic acids is 3. The van der Waals surface area contributed by atoms with Crippen molar-refractivity contribution in [3.63, 3.8) is 0 Å². The Hall–Kier alpha value is -3.33. The minimum Gasteiger partial charge on any atom is -0.466 e. The number of esters is 2. The fraction of sp³-hybridized carbons (Fsp3) is 0.321. The summed E-state index contributed by atoms with van der Waals surface area (Å²) < 4.78 is 10.3. The summed E-state index contributed by atoms with van der Waals surface area (Å²) in [7, 11) is 4.01. The Bertz CT molecular complexity index is 1240. The zero-order valence-electron chi connectivity index (χ0n) is 21.4. The number of benzene rings is 2. The lowest BCUT2D eigenvalue weighted by Gasteiger charge is -2.33. The Morgan fingerprint density at radius 1 is 0.895 bits per heavy atom. The van der Waals surface area contributed by atoms with Crippen molar-refractivity contribution in [3.05, 3.63) is 92.2 Å². The first-order valence-corrected chi connectivity index (χ1v) is 12.7. The zero-order valence-corrected chi connectivity index (χ0v) is 22.9. The fourth-order valence-electron chi connectivity index (χ4n) is 4.40. The monoisotopic (exact) mass is 560 g/mol. The molecule has 2 N–H and O–H groups in total. The maximum absolute atomic E-state index is 13.3. The standard InChI is InChI=1S/C28H30Cl2N2O6/c1-32(14-15-33)22(34)16-21-25(28(36)38-3)26(23-18(29)10-7-11-19(23)30)24(27(35)37-2)20(31-21)13-12-17-8-5-4-6-9-17/h4-11,26,31,33H,12-16H2,1-3H3. The molecule has 2 aromatic rings. The molecule has 0 aromatic heterocycles. The number of aliphatic hydroxyl groups is 1. The van der Waals surface area contributed by atoms with Gasteiger partial charge in [0.2, 0.25) is 5.91 Å². The molecule has 3 rings (SSSR count). The highest BCUT2D eigenvalue weighted by atomic mass is 35.5. The Kier molecular flexibility index (Phi) is 10.4. The second-order valence-electron chi connectivity index (χ2n) is 8.66. The van der Waals surface area contributed by atoms with Crippen molar-refractivity contribution in [2.45, 2.75) is 25.2 Å². The first-order valence-electron chi connectivity index (χ1n) is 12.0. The van der Waals surface area contributed by atoms with Crippen LogP contribution in [0.15, 0.2) is 71.1 Å². The second kappa shape index (κ2) is 13.5. The van der Waals surface area contributed by atoms with Gasteiger partial charge in [-0.15, -0.1) is 0 Å². The molecule has 10 heteroatoms. The number of dihydropyridines is 1. The second-order valence-corrected chi connectivity index (χ2v) is 9.48. The number of rotatable bonds is 10. The average Bonchev–Trinajstić information content (AvgIpc) is 2.91. The lowest BCUT2D eigenvalue weighted by atomic mass is 9.78. The predicted molar refractivity (Wildman–Crippen MR) is 145 cm³/mol. The molecule has 0 radical (unpaired) electrons. The van der Waals surface area contributed by atoms with Gasteiger partial charge in [0.05, 0.1) is 44.3 Å². The fourth-order valence-corrected chi connectivity index (χ4v) is 5.01. The summed E-state index contributed by atoms with van der Waals surface area (Å²) in [6, 6.07) is 14.6.